The number of hydrogen-bond donors (Lipinski definition) is 0. The van der Waals surface area contributed by atoms with E-state index < -0.39 is 17.6 Å². The maximum Gasteiger partial charge on any atom is 0.417 e. The molecule has 2 amide bonds. The number of amides is 2. The average molecular weight is 469 g/mol. The van der Waals surface area contributed by atoms with Gasteiger partial charge in [0.15, 0.2) is 5.69 Å². The second kappa shape index (κ2) is 8.58. The van der Waals surface area contributed by atoms with E-state index >= 15 is 0 Å². The average Bonchev–Trinajstić information content (AvgIpc) is 3.60. The van der Waals surface area contributed by atoms with Crippen molar-refractivity contribution in [3.63, 3.8) is 0 Å². The summed E-state index contributed by atoms with van der Waals surface area (Å²) < 4.78 is 41.7. The molecule has 1 saturated carbocycles. The number of benzene rings is 2. The first kappa shape index (κ1) is 22.1. The monoisotopic (exact) mass is 469 g/mol. The molecule has 0 unspecified atom stereocenters. The van der Waals surface area contributed by atoms with Crippen molar-refractivity contribution in [2.24, 2.45) is 0 Å². The third kappa shape index (κ3) is 4.15. The molecule has 0 spiro atoms. The normalized spacial score (nSPS) is 16.6. The number of piperazine rings is 1. The molecule has 7 nitrogen and oxygen atoms in total. The molecule has 3 aromatic rings. The number of rotatable bonds is 4. The van der Waals surface area contributed by atoms with Crippen LogP contribution in [0, 0.1) is 0 Å². The summed E-state index contributed by atoms with van der Waals surface area (Å²) in [7, 11) is 0. The Balaban J connectivity index is 1.31. The van der Waals surface area contributed by atoms with Crippen molar-refractivity contribution in [3.05, 3.63) is 77.1 Å². The molecule has 34 heavy (non-hydrogen) atoms. The van der Waals surface area contributed by atoms with Crippen LogP contribution in [0.2, 0.25) is 0 Å². The van der Waals surface area contributed by atoms with E-state index in [4.69, 9.17) is 0 Å². The van der Waals surface area contributed by atoms with Crippen molar-refractivity contribution in [2.45, 2.75) is 24.9 Å². The zero-order chi connectivity index (χ0) is 23.9. The van der Waals surface area contributed by atoms with Crippen LogP contribution >= 0.6 is 0 Å². The van der Waals surface area contributed by atoms with E-state index in [1.807, 2.05) is 30.3 Å². The maximum atomic E-state index is 13.3. The molecule has 0 bridgehead atoms. The Morgan fingerprint density at radius 2 is 1.41 bits per heavy atom. The van der Waals surface area contributed by atoms with Gasteiger partial charge in [-0.2, -0.15) is 13.2 Å². The van der Waals surface area contributed by atoms with Crippen LogP contribution < -0.4 is 0 Å². The molecule has 1 saturated heterocycles. The number of carbonyl (C=O) groups is 2. The summed E-state index contributed by atoms with van der Waals surface area (Å²) in [6.07, 6.45) is -2.70. The molecule has 0 N–H and O–H groups in total. The van der Waals surface area contributed by atoms with Crippen LogP contribution in [0.5, 0.6) is 0 Å². The Bertz CT molecular complexity index is 1210. The largest absolute Gasteiger partial charge is 0.417 e. The highest BCUT2D eigenvalue weighted by Gasteiger charge is 2.38. The van der Waals surface area contributed by atoms with Crippen molar-refractivity contribution in [3.8, 4) is 5.69 Å². The molecule has 5 rings (SSSR count). The van der Waals surface area contributed by atoms with E-state index in [0.29, 0.717) is 5.69 Å². The third-order valence-corrected chi connectivity index (χ3v) is 6.19. The molecule has 10 heteroatoms. The number of hydrogen-bond acceptors (Lipinski definition) is 4. The number of carbonyl (C=O) groups excluding carboxylic acids is 2. The van der Waals surface area contributed by atoms with E-state index in [1.165, 1.54) is 23.1 Å². The summed E-state index contributed by atoms with van der Waals surface area (Å²) in [5, 5.41) is 8.41. The first-order valence-electron chi connectivity index (χ1n) is 11.1. The Kier molecular flexibility index (Phi) is 5.59. The van der Waals surface area contributed by atoms with Gasteiger partial charge < -0.3 is 9.80 Å². The molecule has 1 aliphatic carbocycles. The number of nitrogens with zero attached hydrogens (tertiary/aromatic N) is 5. The van der Waals surface area contributed by atoms with E-state index in [2.05, 4.69) is 10.3 Å². The first-order chi connectivity index (χ1) is 16.3. The van der Waals surface area contributed by atoms with Crippen LogP contribution in [0.25, 0.3) is 5.69 Å². The molecule has 2 fully saturated rings. The SMILES string of the molecule is O=C(c1ccccc1C(F)(F)F)N1CCN(C(=O)c2nnn(-c3ccccc3)c2C2CC2)CC1. The number of aromatic nitrogens is 3. The van der Waals surface area contributed by atoms with Gasteiger partial charge >= 0.3 is 6.18 Å². The highest BCUT2D eigenvalue weighted by atomic mass is 19.4. The number of alkyl halides is 3. The Hall–Kier alpha value is -3.69. The Morgan fingerprint density at radius 3 is 2.03 bits per heavy atom. The molecular formula is C24H22F3N5O2. The van der Waals surface area contributed by atoms with E-state index in [0.717, 1.165) is 30.3 Å². The van der Waals surface area contributed by atoms with Gasteiger partial charge in [0.25, 0.3) is 11.8 Å². The second-order valence-electron chi connectivity index (χ2n) is 8.47. The second-order valence-corrected chi connectivity index (χ2v) is 8.47. The van der Waals surface area contributed by atoms with Crippen molar-refractivity contribution in [1.82, 2.24) is 24.8 Å². The summed E-state index contributed by atoms with van der Waals surface area (Å²) >= 11 is 0. The highest BCUT2D eigenvalue weighted by molar-refractivity contribution is 5.97. The zero-order valence-corrected chi connectivity index (χ0v) is 18.2. The van der Waals surface area contributed by atoms with Gasteiger partial charge in [0.05, 0.1) is 22.5 Å². The molecule has 2 aliphatic rings. The fraction of sp³-hybridized carbons (Fsp3) is 0.333. The van der Waals surface area contributed by atoms with Crippen molar-refractivity contribution < 1.29 is 22.8 Å². The minimum Gasteiger partial charge on any atom is -0.335 e. The van der Waals surface area contributed by atoms with Gasteiger partial charge in [0, 0.05) is 32.1 Å². The Morgan fingerprint density at radius 1 is 0.824 bits per heavy atom. The zero-order valence-electron chi connectivity index (χ0n) is 18.2. The molecule has 1 aromatic heterocycles. The summed E-state index contributed by atoms with van der Waals surface area (Å²) in [4.78, 5) is 29.1. The van der Waals surface area contributed by atoms with Crippen molar-refractivity contribution >= 4 is 11.8 Å². The lowest BCUT2D eigenvalue weighted by Crippen LogP contribution is -2.51. The predicted octanol–water partition coefficient (Wildman–Crippen LogP) is 3.76. The lowest BCUT2D eigenvalue weighted by atomic mass is 10.1. The maximum absolute atomic E-state index is 13.3. The van der Waals surface area contributed by atoms with Crippen LogP contribution in [0.1, 0.15) is 50.9 Å². The van der Waals surface area contributed by atoms with Gasteiger partial charge in [0.1, 0.15) is 0 Å². The van der Waals surface area contributed by atoms with Crippen LogP contribution in [-0.2, 0) is 6.18 Å². The predicted molar refractivity (Wildman–Crippen MR) is 117 cm³/mol. The molecule has 2 aromatic carbocycles. The Labute approximate surface area is 193 Å². The van der Waals surface area contributed by atoms with Crippen LogP contribution in [0.15, 0.2) is 54.6 Å². The number of halogens is 3. The summed E-state index contributed by atoms with van der Waals surface area (Å²) in [5.41, 5.74) is 0.582. The van der Waals surface area contributed by atoms with E-state index in [-0.39, 0.29) is 43.6 Å². The van der Waals surface area contributed by atoms with Gasteiger partial charge in [0.2, 0.25) is 0 Å². The topological polar surface area (TPSA) is 71.3 Å². The van der Waals surface area contributed by atoms with Crippen LogP contribution in [0.4, 0.5) is 13.2 Å². The van der Waals surface area contributed by atoms with E-state index in [1.54, 1.807) is 9.58 Å². The number of para-hydroxylation sites is 1. The third-order valence-electron chi connectivity index (χ3n) is 6.19. The molecule has 0 atom stereocenters. The fourth-order valence-electron chi connectivity index (χ4n) is 4.27. The van der Waals surface area contributed by atoms with Crippen molar-refractivity contribution in [2.75, 3.05) is 26.2 Å². The molecule has 2 heterocycles. The molecule has 1 aliphatic heterocycles. The lowest BCUT2D eigenvalue weighted by molar-refractivity contribution is -0.138. The quantitative estimate of drug-likeness (QED) is 0.584. The molecule has 176 valence electrons. The molecular weight excluding hydrogens is 447 g/mol. The molecule has 0 radical (unpaired) electrons. The van der Waals surface area contributed by atoms with E-state index in [9.17, 15) is 22.8 Å². The summed E-state index contributed by atoms with van der Waals surface area (Å²) in [5.74, 6) is -0.739. The van der Waals surface area contributed by atoms with Crippen LogP contribution in [-0.4, -0.2) is 62.8 Å². The van der Waals surface area contributed by atoms with Gasteiger partial charge in [-0.15, -0.1) is 5.10 Å². The van der Waals surface area contributed by atoms with Crippen LogP contribution in [0.3, 0.4) is 0 Å². The highest BCUT2D eigenvalue weighted by Crippen LogP contribution is 2.42. The lowest BCUT2D eigenvalue weighted by Gasteiger charge is -2.35. The van der Waals surface area contributed by atoms with Gasteiger partial charge in [-0.25, -0.2) is 4.68 Å². The fourth-order valence-corrected chi connectivity index (χ4v) is 4.27. The van der Waals surface area contributed by atoms with Gasteiger partial charge in [-0.05, 0) is 37.1 Å². The smallest absolute Gasteiger partial charge is 0.335 e. The first-order valence-corrected chi connectivity index (χ1v) is 11.1. The summed E-state index contributed by atoms with van der Waals surface area (Å²) in [6.45, 7) is 0.701. The standard InChI is InChI=1S/C24H22F3N5O2/c25-24(26,27)19-9-5-4-8-18(19)22(33)30-12-14-31(15-13-30)23(34)20-21(16-10-11-16)32(29-28-20)17-6-2-1-3-7-17/h1-9,16H,10-15H2. The van der Waals surface area contributed by atoms with Gasteiger partial charge in [-0.3, -0.25) is 9.59 Å². The van der Waals surface area contributed by atoms with Crippen molar-refractivity contribution in [1.29, 1.82) is 0 Å². The minimum atomic E-state index is -4.62. The van der Waals surface area contributed by atoms with Gasteiger partial charge in [-0.1, -0.05) is 35.5 Å². The minimum absolute atomic E-state index is 0.141. The summed E-state index contributed by atoms with van der Waals surface area (Å²) in [6, 6.07) is 14.3.